The Hall–Kier alpha value is -3.32. The molecule has 1 aliphatic heterocycles. The summed E-state index contributed by atoms with van der Waals surface area (Å²) in [5.74, 6) is -1.41. The predicted octanol–water partition coefficient (Wildman–Crippen LogP) is 5.10. The van der Waals surface area contributed by atoms with E-state index < -0.39 is 11.6 Å². The van der Waals surface area contributed by atoms with Crippen LogP contribution in [0.25, 0.3) is 5.69 Å². The Morgan fingerprint density at radius 1 is 1.03 bits per heavy atom. The van der Waals surface area contributed by atoms with E-state index in [-0.39, 0.29) is 22.9 Å². The Balaban J connectivity index is 1.83. The zero-order valence-corrected chi connectivity index (χ0v) is 20.4. The Morgan fingerprint density at radius 3 is 2.34 bits per heavy atom. The Bertz CT molecular complexity index is 1260. The highest BCUT2D eigenvalue weighted by atomic mass is 19.1. The highest BCUT2D eigenvalue weighted by Gasteiger charge is 2.21. The van der Waals surface area contributed by atoms with Gasteiger partial charge in [0.05, 0.1) is 5.69 Å². The van der Waals surface area contributed by atoms with Gasteiger partial charge in [-0.15, -0.1) is 0 Å². The van der Waals surface area contributed by atoms with Crippen molar-refractivity contribution < 1.29 is 13.6 Å². The van der Waals surface area contributed by atoms with Gasteiger partial charge in [0.25, 0.3) is 5.56 Å². The first kappa shape index (κ1) is 24.8. The van der Waals surface area contributed by atoms with E-state index in [9.17, 15) is 13.6 Å². The minimum absolute atomic E-state index is 0.0943. The molecule has 0 atom stereocenters. The maximum atomic E-state index is 14.9. The monoisotopic (exact) mass is 479 g/mol. The fourth-order valence-electron chi connectivity index (χ4n) is 4.48. The summed E-state index contributed by atoms with van der Waals surface area (Å²) in [5, 5.41) is 4.37. The standard InChI is InChI=1S/C28H31F2N3O2/c1-4-19-7-6-8-20(5-2)28(19)33-18-21(9-12-26(33)34)27(24-11-10-22(29)17-25(24)30)31-35-23-13-15-32(3)16-14-23/h6-12,17-18,23H,4-5,13-16H2,1-3H3/b31-27-. The lowest BCUT2D eigenvalue weighted by atomic mass is 10.0. The summed E-state index contributed by atoms with van der Waals surface area (Å²) in [7, 11) is 2.06. The molecule has 184 valence electrons. The average molecular weight is 480 g/mol. The van der Waals surface area contributed by atoms with Crippen molar-refractivity contribution in [3.05, 3.63) is 99.0 Å². The number of para-hydroxylation sites is 1. The van der Waals surface area contributed by atoms with E-state index in [2.05, 4.69) is 17.1 Å². The van der Waals surface area contributed by atoms with Crippen molar-refractivity contribution in [3.8, 4) is 5.69 Å². The van der Waals surface area contributed by atoms with Gasteiger partial charge >= 0.3 is 0 Å². The summed E-state index contributed by atoms with van der Waals surface area (Å²) in [6.45, 7) is 5.87. The van der Waals surface area contributed by atoms with E-state index in [1.807, 2.05) is 32.0 Å². The lowest BCUT2D eigenvalue weighted by Gasteiger charge is -2.27. The minimum Gasteiger partial charge on any atom is -0.392 e. The third-order valence-electron chi connectivity index (χ3n) is 6.54. The highest BCUT2D eigenvalue weighted by Crippen LogP contribution is 2.23. The van der Waals surface area contributed by atoms with Gasteiger partial charge < -0.3 is 9.74 Å². The van der Waals surface area contributed by atoms with Crippen molar-refractivity contribution in [2.45, 2.75) is 45.6 Å². The number of hydrogen-bond acceptors (Lipinski definition) is 4. The van der Waals surface area contributed by atoms with E-state index in [4.69, 9.17) is 4.84 Å². The molecule has 0 radical (unpaired) electrons. The molecule has 0 amide bonds. The number of halogens is 2. The molecule has 7 heteroatoms. The number of piperidine rings is 1. The van der Waals surface area contributed by atoms with E-state index in [1.54, 1.807) is 16.8 Å². The fraction of sp³-hybridized carbons (Fsp3) is 0.357. The first-order chi connectivity index (χ1) is 16.9. The molecule has 5 nitrogen and oxygen atoms in total. The fourth-order valence-corrected chi connectivity index (χ4v) is 4.48. The first-order valence-corrected chi connectivity index (χ1v) is 12.1. The van der Waals surface area contributed by atoms with Crippen LogP contribution in [-0.2, 0) is 17.7 Å². The zero-order chi connectivity index (χ0) is 24.9. The number of likely N-dealkylation sites (tertiary alicyclic amines) is 1. The molecular weight excluding hydrogens is 448 g/mol. The topological polar surface area (TPSA) is 46.8 Å². The molecule has 2 heterocycles. The van der Waals surface area contributed by atoms with Crippen molar-refractivity contribution in [1.29, 1.82) is 0 Å². The minimum atomic E-state index is -0.739. The summed E-state index contributed by atoms with van der Waals surface area (Å²) in [5.41, 5.74) is 3.57. The van der Waals surface area contributed by atoms with Crippen LogP contribution in [0.5, 0.6) is 0 Å². The van der Waals surface area contributed by atoms with Crippen LogP contribution in [0.1, 0.15) is 48.9 Å². The number of benzene rings is 2. The molecule has 0 N–H and O–H groups in total. The van der Waals surface area contributed by atoms with Gasteiger partial charge in [0, 0.05) is 42.5 Å². The Labute approximate surface area is 204 Å². The van der Waals surface area contributed by atoms with Crippen molar-refractivity contribution in [2.24, 2.45) is 5.16 Å². The number of hydrogen-bond donors (Lipinski definition) is 0. The largest absolute Gasteiger partial charge is 0.392 e. The van der Waals surface area contributed by atoms with Crippen LogP contribution in [0.4, 0.5) is 8.78 Å². The van der Waals surface area contributed by atoms with Crippen LogP contribution in [0.3, 0.4) is 0 Å². The molecule has 1 aromatic heterocycles. The first-order valence-electron chi connectivity index (χ1n) is 12.1. The van der Waals surface area contributed by atoms with E-state index >= 15 is 0 Å². The summed E-state index contributed by atoms with van der Waals surface area (Å²) in [6.07, 6.45) is 4.71. The molecule has 0 spiro atoms. The number of rotatable bonds is 7. The predicted molar refractivity (Wildman–Crippen MR) is 134 cm³/mol. The molecule has 1 saturated heterocycles. The third kappa shape index (κ3) is 5.51. The Morgan fingerprint density at radius 2 is 1.71 bits per heavy atom. The van der Waals surface area contributed by atoms with Crippen LogP contribution in [0.15, 0.2) is 64.7 Å². The molecule has 0 aliphatic carbocycles. The van der Waals surface area contributed by atoms with Gasteiger partial charge in [-0.25, -0.2) is 8.78 Å². The molecule has 1 fully saturated rings. The van der Waals surface area contributed by atoms with Gasteiger partial charge in [-0.3, -0.25) is 9.36 Å². The van der Waals surface area contributed by atoms with Gasteiger partial charge in [-0.2, -0.15) is 0 Å². The van der Waals surface area contributed by atoms with Crippen LogP contribution in [0, 0.1) is 11.6 Å². The summed E-state index contributed by atoms with van der Waals surface area (Å²) >= 11 is 0. The smallest absolute Gasteiger partial charge is 0.255 e. The molecule has 0 saturated carbocycles. The van der Waals surface area contributed by atoms with Crippen molar-refractivity contribution in [2.75, 3.05) is 20.1 Å². The lowest BCUT2D eigenvalue weighted by molar-refractivity contribution is 0.0163. The van der Waals surface area contributed by atoms with Gasteiger partial charge in [0.15, 0.2) is 0 Å². The molecule has 0 bridgehead atoms. The average Bonchev–Trinajstić information content (AvgIpc) is 2.86. The van der Waals surface area contributed by atoms with E-state index in [0.717, 1.165) is 61.7 Å². The van der Waals surface area contributed by atoms with Crippen LogP contribution < -0.4 is 5.56 Å². The maximum absolute atomic E-state index is 14.9. The van der Waals surface area contributed by atoms with Crippen molar-refractivity contribution >= 4 is 5.71 Å². The highest BCUT2D eigenvalue weighted by molar-refractivity contribution is 6.12. The van der Waals surface area contributed by atoms with E-state index in [0.29, 0.717) is 5.56 Å². The van der Waals surface area contributed by atoms with Gasteiger partial charge in [0.2, 0.25) is 0 Å². The number of aromatic nitrogens is 1. The summed E-state index contributed by atoms with van der Waals surface area (Å²) in [4.78, 5) is 21.1. The molecule has 4 rings (SSSR count). The van der Waals surface area contributed by atoms with Crippen LogP contribution in [0.2, 0.25) is 0 Å². The van der Waals surface area contributed by atoms with Gasteiger partial charge in [-0.05, 0) is 62.1 Å². The van der Waals surface area contributed by atoms with Crippen LogP contribution >= 0.6 is 0 Å². The zero-order valence-electron chi connectivity index (χ0n) is 20.4. The summed E-state index contributed by atoms with van der Waals surface area (Å²) < 4.78 is 30.2. The molecule has 1 aliphatic rings. The molecular formula is C28H31F2N3O2. The lowest BCUT2D eigenvalue weighted by Crippen LogP contribution is -2.33. The van der Waals surface area contributed by atoms with Gasteiger partial charge in [0.1, 0.15) is 23.5 Å². The second-order valence-corrected chi connectivity index (χ2v) is 8.93. The molecule has 2 aromatic carbocycles. The SMILES string of the molecule is CCc1cccc(CC)c1-n1cc(/C(=N/OC2CCN(C)CC2)c2ccc(F)cc2F)ccc1=O. The number of oxime groups is 1. The maximum Gasteiger partial charge on any atom is 0.255 e. The Kier molecular flexibility index (Phi) is 7.76. The number of pyridine rings is 1. The van der Waals surface area contributed by atoms with E-state index in [1.165, 1.54) is 18.2 Å². The molecule has 0 unspecified atom stereocenters. The van der Waals surface area contributed by atoms with Crippen LogP contribution in [-0.4, -0.2) is 41.4 Å². The number of nitrogens with zero attached hydrogens (tertiary/aromatic N) is 3. The normalized spacial score (nSPS) is 15.4. The molecule has 35 heavy (non-hydrogen) atoms. The van der Waals surface area contributed by atoms with Gasteiger partial charge in [-0.1, -0.05) is 37.2 Å². The summed E-state index contributed by atoms with van der Waals surface area (Å²) in [6, 6.07) is 12.4. The molecule has 3 aromatic rings. The van der Waals surface area contributed by atoms with Crippen molar-refractivity contribution in [3.63, 3.8) is 0 Å². The second kappa shape index (κ2) is 11.0. The third-order valence-corrected chi connectivity index (χ3v) is 6.54. The van der Waals surface area contributed by atoms with Crippen molar-refractivity contribution in [1.82, 2.24) is 9.47 Å². The second-order valence-electron chi connectivity index (χ2n) is 8.93. The quantitative estimate of drug-likeness (QED) is 0.350. The number of aryl methyl sites for hydroxylation is 2.